The van der Waals surface area contributed by atoms with E-state index >= 15 is 0 Å². The molecule has 130 valence electrons. The van der Waals surface area contributed by atoms with Gasteiger partial charge in [-0.3, -0.25) is 4.79 Å². The summed E-state index contributed by atoms with van der Waals surface area (Å²) in [5.41, 5.74) is 3.76. The fourth-order valence-corrected chi connectivity index (χ4v) is 3.55. The quantitative estimate of drug-likeness (QED) is 0.862. The highest BCUT2D eigenvalue weighted by Gasteiger charge is 2.55. The zero-order valence-electron chi connectivity index (χ0n) is 14.5. The van der Waals surface area contributed by atoms with Crippen LogP contribution in [0, 0.1) is 6.92 Å². The molecule has 5 heteroatoms. The van der Waals surface area contributed by atoms with Crippen LogP contribution in [0.3, 0.4) is 0 Å². The van der Waals surface area contributed by atoms with Crippen LogP contribution in [-0.2, 0) is 26.6 Å². The number of para-hydroxylation sites is 1. The van der Waals surface area contributed by atoms with Crippen molar-refractivity contribution in [3.05, 3.63) is 59.2 Å². The van der Waals surface area contributed by atoms with Crippen molar-refractivity contribution in [2.24, 2.45) is 0 Å². The SMILES string of the molecule is COc1ccc(CN2C(=O)C3(OCCCO3)c3cccc(C)c32)cc1. The number of ether oxygens (including phenoxy) is 3. The normalized spacial score (nSPS) is 18.5. The molecule has 2 aliphatic rings. The molecule has 0 unspecified atom stereocenters. The summed E-state index contributed by atoms with van der Waals surface area (Å²) in [6, 6.07) is 13.6. The molecule has 0 saturated carbocycles. The van der Waals surface area contributed by atoms with E-state index in [0.29, 0.717) is 19.8 Å². The largest absolute Gasteiger partial charge is 0.497 e. The van der Waals surface area contributed by atoms with Crippen LogP contribution in [0.4, 0.5) is 5.69 Å². The van der Waals surface area contributed by atoms with Gasteiger partial charge in [0.15, 0.2) is 0 Å². The van der Waals surface area contributed by atoms with E-state index in [1.165, 1.54) is 0 Å². The standard InChI is InChI=1S/C20H21NO4/c1-14-5-3-6-17-18(14)21(13-15-7-9-16(23-2)10-8-15)19(22)20(17)24-11-4-12-25-20/h3,5-10H,4,11-13H2,1-2H3. The van der Waals surface area contributed by atoms with E-state index < -0.39 is 5.79 Å². The Labute approximate surface area is 147 Å². The highest BCUT2D eigenvalue weighted by Crippen LogP contribution is 2.47. The molecule has 2 aliphatic heterocycles. The molecule has 2 aromatic carbocycles. The van der Waals surface area contributed by atoms with Gasteiger partial charge < -0.3 is 19.1 Å². The average Bonchev–Trinajstić information content (AvgIpc) is 2.87. The van der Waals surface area contributed by atoms with E-state index in [2.05, 4.69) is 0 Å². The van der Waals surface area contributed by atoms with Crippen molar-refractivity contribution in [1.29, 1.82) is 0 Å². The molecular formula is C20H21NO4. The first-order chi connectivity index (χ1) is 12.2. The topological polar surface area (TPSA) is 48.0 Å². The van der Waals surface area contributed by atoms with Gasteiger partial charge >= 0.3 is 0 Å². The summed E-state index contributed by atoms with van der Waals surface area (Å²) < 4.78 is 17.0. The van der Waals surface area contributed by atoms with Gasteiger partial charge in [-0.1, -0.05) is 30.3 Å². The molecule has 1 fully saturated rings. The number of benzene rings is 2. The highest BCUT2D eigenvalue weighted by molar-refractivity contribution is 6.06. The smallest absolute Gasteiger partial charge is 0.292 e. The number of amides is 1. The van der Waals surface area contributed by atoms with E-state index in [9.17, 15) is 4.79 Å². The zero-order chi connectivity index (χ0) is 17.4. The maximum Gasteiger partial charge on any atom is 0.292 e. The van der Waals surface area contributed by atoms with E-state index in [-0.39, 0.29) is 5.91 Å². The molecule has 0 bridgehead atoms. The number of hydrogen-bond donors (Lipinski definition) is 0. The Morgan fingerprint density at radius 3 is 2.52 bits per heavy atom. The molecule has 0 aliphatic carbocycles. The van der Waals surface area contributed by atoms with Crippen molar-refractivity contribution < 1.29 is 19.0 Å². The Morgan fingerprint density at radius 1 is 1.12 bits per heavy atom. The molecule has 0 radical (unpaired) electrons. The lowest BCUT2D eigenvalue weighted by Gasteiger charge is -2.32. The Kier molecular flexibility index (Phi) is 3.98. The minimum absolute atomic E-state index is 0.146. The minimum atomic E-state index is -1.29. The third-order valence-corrected chi connectivity index (χ3v) is 4.79. The van der Waals surface area contributed by atoms with E-state index in [0.717, 1.165) is 34.5 Å². The maximum atomic E-state index is 13.3. The maximum absolute atomic E-state index is 13.3. The number of methoxy groups -OCH3 is 1. The molecule has 1 spiro atoms. The fourth-order valence-electron chi connectivity index (χ4n) is 3.55. The molecule has 1 amide bonds. The van der Waals surface area contributed by atoms with Crippen molar-refractivity contribution >= 4 is 11.6 Å². The van der Waals surface area contributed by atoms with Gasteiger partial charge in [0.2, 0.25) is 0 Å². The molecule has 2 aromatic rings. The molecular weight excluding hydrogens is 318 g/mol. The average molecular weight is 339 g/mol. The van der Waals surface area contributed by atoms with Crippen LogP contribution in [0.1, 0.15) is 23.1 Å². The first-order valence-corrected chi connectivity index (χ1v) is 8.48. The van der Waals surface area contributed by atoms with Crippen LogP contribution in [-0.4, -0.2) is 26.2 Å². The van der Waals surface area contributed by atoms with Crippen LogP contribution in [0.25, 0.3) is 0 Å². The van der Waals surface area contributed by atoms with Crippen molar-refractivity contribution in [2.75, 3.05) is 25.2 Å². The molecule has 4 rings (SSSR count). The van der Waals surface area contributed by atoms with Gasteiger partial charge in [-0.05, 0) is 36.6 Å². The Bertz CT molecular complexity index is 794. The van der Waals surface area contributed by atoms with Crippen LogP contribution < -0.4 is 9.64 Å². The summed E-state index contributed by atoms with van der Waals surface area (Å²) >= 11 is 0. The fraction of sp³-hybridized carbons (Fsp3) is 0.350. The number of fused-ring (bicyclic) bond motifs is 2. The van der Waals surface area contributed by atoms with Crippen LogP contribution in [0.5, 0.6) is 5.75 Å². The lowest BCUT2D eigenvalue weighted by Crippen LogP contribution is -2.47. The molecule has 25 heavy (non-hydrogen) atoms. The number of rotatable bonds is 3. The highest BCUT2D eigenvalue weighted by atomic mass is 16.7. The Morgan fingerprint density at radius 2 is 1.84 bits per heavy atom. The summed E-state index contributed by atoms with van der Waals surface area (Å²) in [5.74, 6) is -0.637. The number of anilines is 1. The summed E-state index contributed by atoms with van der Waals surface area (Å²) in [7, 11) is 1.64. The second kappa shape index (κ2) is 6.17. The van der Waals surface area contributed by atoms with Gasteiger partial charge in [0.05, 0.1) is 32.6 Å². The van der Waals surface area contributed by atoms with Crippen molar-refractivity contribution in [3.8, 4) is 5.75 Å². The Balaban J connectivity index is 1.74. The number of hydrogen-bond acceptors (Lipinski definition) is 4. The van der Waals surface area contributed by atoms with Gasteiger partial charge in [0.1, 0.15) is 5.75 Å². The van der Waals surface area contributed by atoms with E-state index in [1.54, 1.807) is 12.0 Å². The lowest BCUT2D eigenvalue weighted by molar-refractivity contribution is -0.256. The van der Waals surface area contributed by atoms with E-state index in [1.807, 2.05) is 49.4 Å². The van der Waals surface area contributed by atoms with E-state index in [4.69, 9.17) is 14.2 Å². The number of nitrogens with zero attached hydrogens (tertiary/aromatic N) is 1. The number of carbonyl (C=O) groups is 1. The summed E-state index contributed by atoms with van der Waals surface area (Å²) in [6.45, 7) is 3.52. The Hall–Kier alpha value is -2.37. The summed E-state index contributed by atoms with van der Waals surface area (Å²) in [5, 5.41) is 0. The molecule has 0 aromatic heterocycles. The first-order valence-electron chi connectivity index (χ1n) is 8.48. The minimum Gasteiger partial charge on any atom is -0.497 e. The molecule has 0 atom stereocenters. The predicted octanol–water partition coefficient (Wildman–Crippen LogP) is 3.14. The van der Waals surface area contributed by atoms with Crippen LogP contribution >= 0.6 is 0 Å². The second-order valence-electron chi connectivity index (χ2n) is 6.38. The van der Waals surface area contributed by atoms with Crippen molar-refractivity contribution in [1.82, 2.24) is 0 Å². The van der Waals surface area contributed by atoms with Gasteiger partial charge in [0.25, 0.3) is 11.7 Å². The summed E-state index contributed by atoms with van der Waals surface area (Å²) in [4.78, 5) is 15.0. The van der Waals surface area contributed by atoms with Crippen molar-refractivity contribution in [2.45, 2.75) is 25.7 Å². The second-order valence-corrected chi connectivity index (χ2v) is 6.38. The molecule has 5 nitrogen and oxygen atoms in total. The number of carbonyl (C=O) groups excluding carboxylic acids is 1. The third kappa shape index (κ3) is 2.51. The first kappa shape index (κ1) is 16.1. The summed E-state index contributed by atoms with van der Waals surface area (Å²) in [6.07, 6.45) is 0.800. The molecule has 1 saturated heterocycles. The molecule has 0 N–H and O–H groups in total. The van der Waals surface area contributed by atoms with Gasteiger partial charge in [-0.2, -0.15) is 0 Å². The monoisotopic (exact) mass is 339 g/mol. The van der Waals surface area contributed by atoms with Crippen LogP contribution in [0.15, 0.2) is 42.5 Å². The van der Waals surface area contributed by atoms with Gasteiger partial charge in [-0.15, -0.1) is 0 Å². The lowest BCUT2D eigenvalue weighted by atomic mass is 10.0. The van der Waals surface area contributed by atoms with Crippen molar-refractivity contribution in [3.63, 3.8) is 0 Å². The van der Waals surface area contributed by atoms with Crippen LogP contribution in [0.2, 0.25) is 0 Å². The zero-order valence-corrected chi connectivity index (χ0v) is 14.5. The third-order valence-electron chi connectivity index (χ3n) is 4.79. The number of aryl methyl sites for hydroxylation is 1. The van der Waals surface area contributed by atoms with Gasteiger partial charge in [-0.25, -0.2) is 0 Å². The van der Waals surface area contributed by atoms with Gasteiger partial charge in [0, 0.05) is 5.56 Å². The molecule has 2 heterocycles. The predicted molar refractivity (Wildman–Crippen MR) is 93.6 cm³/mol.